The van der Waals surface area contributed by atoms with Gasteiger partial charge in [0.15, 0.2) is 0 Å². The molecule has 0 aromatic carbocycles. The number of fused-ring (bicyclic) bond motifs is 5. The normalized spacial score (nSPS) is 52.5. The summed E-state index contributed by atoms with van der Waals surface area (Å²) in [5.74, 6) is 2.02. The van der Waals surface area contributed by atoms with Crippen LogP contribution in [0.5, 0.6) is 0 Å². The molecule has 8 atom stereocenters. The Kier molecular flexibility index (Phi) is 4.51. The lowest BCUT2D eigenvalue weighted by Gasteiger charge is -2.61. The maximum absolute atomic E-state index is 10.6. The molecule has 0 spiro atoms. The van der Waals surface area contributed by atoms with Gasteiger partial charge in [0.25, 0.3) is 0 Å². The molecule has 0 aromatic heterocycles. The van der Waals surface area contributed by atoms with E-state index >= 15 is 0 Å². The summed E-state index contributed by atoms with van der Waals surface area (Å²) in [7, 11) is 0. The second-order valence-corrected chi connectivity index (χ2v) is 9.86. The molecule has 4 nitrogen and oxygen atoms in total. The molecule has 4 aliphatic carbocycles. The van der Waals surface area contributed by atoms with Gasteiger partial charge in [-0.25, -0.2) is 0 Å². The molecule has 26 heavy (non-hydrogen) atoms. The Balaban J connectivity index is 1.71. The number of rotatable bonds is 2. The van der Waals surface area contributed by atoms with Gasteiger partial charge in [-0.05, 0) is 80.5 Å². The van der Waals surface area contributed by atoms with Gasteiger partial charge < -0.3 is 15.1 Å². The van der Waals surface area contributed by atoms with Crippen LogP contribution in [0, 0.1) is 34.5 Å². The Morgan fingerprint density at radius 1 is 1.27 bits per heavy atom. The van der Waals surface area contributed by atoms with Crippen molar-refractivity contribution in [2.45, 2.75) is 77.9 Å². The Morgan fingerprint density at radius 2 is 2.04 bits per heavy atom. The van der Waals surface area contributed by atoms with E-state index in [1.165, 1.54) is 24.8 Å². The van der Waals surface area contributed by atoms with E-state index in [9.17, 15) is 10.3 Å². The van der Waals surface area contributed by atoms with Crippen molar-refractivity contribution in [1.29, 1.82) is 0 Å². The number of allylic oxidation sites excluding steroid dienone is 1. The van der Waals surface area contributed by atoms with Crippen molar-refractivity contribution >= 4 is 5.71 Å². The van der Waals surface area contributed by atoms with Gasteiger partial charge >= 0.3 is 0 Å². The van der Waals surface area contributed by atoms with E-state index in [4.69, 9.17) is 4.74 Å². The monoisotopic (exact) mass is 361 g/mol. The van der Waals surface area contributed by atoms with Crippen LogP contribution < -0.4 is 0 Å². The van der Waals surface area contributed by atoms with Crippen molar-refractivity contribution in [3.05, 3.63) is 12.2 Å². The first-order valence-electron chi connectivity index (χ1n) is 10.5. The molecule has 4 fully saturated rings. The fraction of sp³-hybridized carbons (Fsp3) is 0.864. The van der Waals surface area contributed by atoms with Gasteiger partial charge in [0.05, 0.1) is 17.9 Å². The van der Waals surface area contributed by atoms with Crippen LogP contribution in [0.3, 0.4) is 0 Å². The molecular weight excluding hydrogens is 326 g/mol. The number of hydrogen-bond acceptors (Lipinski definition) is 4. The number of aliphatic hydroxyl groups excluding tert-OH is 1. The molecule has 0 aromatic rings. The highest BCUT2D eigenvalue weighted by molar-refractivity contribution is 5.89. The van der Waals surface area contributed by atoms with Crippen LogP contribution in [0.1, 0.15) is 65.7 Å². The van der Waals surface area contributed by atoms with Crippen LogP contribution in [-0.4, -0.2) is 34.8 Å². The predicted molar refractivity (Wildman–Crippen MR) is 102 cm³/mol. The minimum Gasteiger partial charge on any atom is -0.411 e. The third-order valence-corrected chi connectivity index (χ3v) is 8.83. The third kappa shape index (κ3) is 2.44. The van der Waals surface area contributed by atoms with E-state index in [0.717, 1.165) is 31.4 Å². The van der Waals surface area contributed by atoms with Gasteiger partial charge in [0.2, 0.25) is 0 Å². The molecule has 0 bridgehead atoms. The fourth-order valence-corrected chi connectivity index (χ4v) is 7.49. The quantitative estimate of drug-likeness (QED) is 0.435. The predicted octanol–water partition coefficient (Wildman–Crippen LogP) is 4.40. The summed E-state index contributed by atoms with van der Waals surface area (Å²) in [6.07, 6.45) is 6.78. The van der Waals surface area contributed by atoms with Gasteiger partial charge in [0, 0.05) is 12.5 Å². The maximum Gasteiger partial charge on any atom is 0.0839 e. The smallest absolute Gasteiger partial charge is 0.0839 e. The molecule has 4 aliphatic rings. The molecule has 146 valence electrons. The summed E-state index contributed by atoms with van der Waals surface area (Å²) in [5.41, 5.74) is 2.48. The summed E-state index contributed by atoms with van der Waals surface area (Å²) < 4.78 is 5.91. The molecule has 4 heteroatoms. The first-order chi connectivity index (χ1) is 12.3. The van der Waals surface area contributed by atoms with Gasteiger partial charge in [-0.3, -0.25) is 0 Å². The molecule has 0 amide bonds. The molecule has 4 saturated carbocycles. The van der Waals surface area contributed by atoms with E-state index in [0.29, 0.717) is 30.3 Å². The minimum absolute atomic E-state index is 0.0504. The van der Waals surface area contributed by atoms with Gasteiger partial charge in [0.1, 0.15) is 0 Å². The van der Waals surface area contributed by atoms with Crippen molar-refractivity contribution in [2.75, 3.05) is 6.61 Å². The molecule has 0 radical (unpaired) electrons. The second kappa shape index (κ2) is 6.34. The molecule has 3 unspecified atom stereocenters. The van der Waals surface area contributed by atoms with Gasteiger partial charge in [-0.1, -0.05) is 31.2 Å². The summed E-state index contributed by atoms with van der Waals surface area (Å²) in [6, 6.07) is 0. The van der Waals surface area contributed by atoms with Crippen LogP contribution in [0.4, 0.5) is 0 Å². The Morgan fingerprint density at radius 3 is 2.73 bits per heavy atom. The Bertz CT molecular complexity index is 617. The summed E-state index contributed by atoms with van der Waals surface area (Å²) in [4.78, 5) is 0. The van der Waals surface area contributed by atoms with Crippen LogP contribution in [-0.2, 0) is 4.74 Å². The van der Waals surface area contributed by atoms with Crippen LogP contribution in [0.25, 0.3) is 0 Å². The maximum atomic E-state index is 10.6. The summed E-state index contributed by atoms with van der Waals surface area (Å²) in [5, 5.41) is 24.4. The van der Waals surface area contributed by atoms with E-state index in [1.807, 2.05) is 6.92 Å². The fourth-order valence-electron chi connectivity index (χ4n) is 7.49. The first-order valence-corrected chi connectivity index (χ1v) is 10.5. The second-order valence-electron chi connectivity index (χ2n) is 9.86. The van der Waals surface area contributed by atoms with Crippen LogP contribution in [0.2, 0.25) is 0 Å². The lowest BCUT2D eigenvalue weighted by atomic mass is 9.44. The van der Waals surface area contributed by atoms with Crippen LogP contribution >= 0.6 is 0 Å². The van der Waals surface area contributed by atoms with Crippen molar-refractivity contribution in [3.63, 3.8) is 0 Å². The lowest BCUT2D eigenvalue weighted by Crippen LogP contribution is -2.59. The number of oxime groups is 1. The average molecular weight is 362 g/mol. The van der Waals surface area contributed by atoms with E-state index in [-0.39, 0.29) is 23.0 Å². The summed E-state index contributed by atoms with van der Waals surface area (Å²) in [6.45, 7) is 11.7. The number of aliphatic hydroxyl groups is 1. The Hall–Kier alpha value is -0.870. The van der Waals surface area contributed by atoms with Gasteiger partial charge in [-0.2, -0.15) is 0 Å². The van der Waals surface area contributed by atoms with Crippen molar-refractivity contribution in [1.82, 2.24) is 0 Å². The van der Waals surface area contributed by atoms with Crippen LogP contribution in [0.15, 0.2) is 17.3 Å². The SMILES string of the molecule is C=C1CC[C@H]2[C@@H]3CCC4CC(O)C(OCC)C[C@]4(C)[C@@H]3C(=NO)C[C@]12C. The highest BCUT2D eigenvalue weighted by Crippen LogP contribution is 2.66. The van der Waals surface area contributed by atoms with E-state index < -0.39 is 0 Å². The molecule has 2 N–H and O–H groups in total. The van der Waals surface area contributed by atoms with Crippen molar-refractivity contribution in [2.24, 2.45) is 39.7 Å². The molecule has 0 aliphatic heterocycles. The number of hydrogen-bond donors (Lipinski definition) is 2. The largest absolute Gasteiger partial charge is 0.411 e. The summed E-state index contributed by atoms with van der Waals surface area (Å²) >= 11 is 0. The lowest BCUT2D eigenvalue weighted by molar-refractivity contribution is -0.146. The van der Waals surface area contributed by atoms with E-state index in [2.05, 4.69) is 25.6 Å². The highest BCUT2D eigenvalue weighted by Gasteiger charge is 2.62. The molecule has 4 rings (SSSR count). The van der Waals surface area contributed by atoms with Gasteiger partial charge in [-0.15, -0.1) is 0 Å². The molecular formula is C22H35NO3. The van der Waals surface area contributed by atoms with Crippen molar-refractivity contribution < 1.29 is 15.1 Å². The van der Waals surface area contributed by atoms with Crippen molar-refractivity contribution in [3.8, 4) is 0 Å². The zero-order valence-electron chi connectivity index (χ0n) is 16.6. The third-order valence-electron chi connectivity index (χ3n) is 8.83. The topological polar surface area (TPSA) is 62.0 Å². The Labute approximate surface area is 157 Å². The molecule has 0 heterocycles. The minimum atomic E-state index is -0.362. The van der Waals surface area contributed by atoms with E-state index in [1.54, 1.807) is 0 Å². The average Bonchev–Trinajstić information content (AvgIpc) is 2.90. The zero-order valence-corrected chi connectivity index (χ0v) is 16.6. The standard InChI is InChI=1S/C22H35NO3/c1-5-26-19-12-22(4)14(10-18(19)24)7-8-15-16-9-6-13(2)21(16,3)11-17(23-25)20(15)22/h14-16,18-20,24-25H,2,5-12H2,1,3-4H3/t14?,15-,16-,18?,19?,20-,21+,22-/m0/s1. The first kappa shape index (κ1) is 18.5. The molecule has 0 saturated heterocycles. The number of nitrogens with zero attached hydrogens (tertiary/aromatic N) is 1. The highest BCUT2D eigenvalue weighted by atomic mass is 16.5. The number of ether oxygens (including phenoxy) is 1. The zero-order chi connectivity index (χ0) is 18.7.